The first-order valence-corrected chi connectivity index (χ1v) is 15.1. The molecule has 1 atom stereocenters. The number of benzene rings is 7. The molecule has 0 N–H and O–H groups in total. The van der Waals surface area contributed by atoms with Gasteiger partial charge in [0.2, 0.25) is 11.5 Å². The predicted octanol–water partition coefficient (Wildman–Crippen LogP) is 7.98. The summed E-state index contributed by atoms with van der Waals surface area (Å²) >= 11 is 0. The van der Waals surface area contributed by atoms with E-state index in [1.165, 1.54) is 28.7 Å². The van der Waals surface area contributed by atoms with Crippen LogP contribution in [0.5, 0.6) is 0 Å². The number of pyridine rings is 1. The number of carbonyl (C=O) groups is 1. The number of nitro groups is 2. The highest BCUT2D eigenvalue weighted by Gasteiger charge is 2.48. The number of fused-ring (bicyclic) bond motifs is 10. The molecule has 2 aromatic heterocycles. The molecular weight excluding hydrogens is 612 g/mol. The molecule has 12 heteroatoms. The van der Waals surface area contributed by atoms with Crippen molar-refractivity contribution in [3.8, 4) is 0 Å². The second kappa shape index (κ2) is 8.06. The van der Waals surface area contributed by atoms with E-state index in [9.17, 15) is 29.8 Å². The molecule has 0 amide bonds. The van der Waals surface area contributed by atoms with E-state index in [4.69, 9.17) is 10.1 Å². The van der Waals surface area contributed by atoms with Gasteiger partial charge >= 0.3 is 0 Å². The van der Waals surface area contributed by atoms with Crippen LogP contribution < -0.4 is 5.56 Å². The van der Waals surface area contributed by atoms with Gasteiger partial charge in [-0.1, -0.05) is 22.9 Å². The SMILES string of the molecule is O=C1c2ccc3c4ccc5c6c(ccc(c7ccc(c2c73)[N+]2=Nc3cc([N+](=O)[O-])ccc3C12)c46)c(=O)n1c2ccc([N+](=O)[O-])cc2nc51. The topological polar surface area (TPSA) is 153 Å². The lowest BCUT2D eigenvalue weighted by Gasteiger charge is -2.21. The minimum Gasteiger partial charge on any atom is -0.286 e. The summed E-state index contributed by atoms with van der Waals surface area (Å²) in [5.74, 6) is -0.136. The molecule has 2 aliphatic heterocycles. The molecule has 0 spiro atoms. The van der Waals surface area contributed by atoms with Crippen molar-refractivity contribution in [3.63, 3.8) is 0 Å². The van der Waals surface area contributed by atoms with Gasteiger partial charge in [0, 0.05) is 62.6 Å². The number of aromatic nitrogens is 2. The Labute approximate surface area is 265 Å². The van der Waals surface area contributed by atoms with Crippen LogP contribution in [0.25, 0.3) is 70.5 Å². The van der Waals surface area contributed by atoms with Gasteiger partial charge in [0.1, 0.15) is 11.3 Å². The Bertz CT molecular complexity index is 3160. The fourth-order valence-corrected chi connectivity index (χ4v) is 8.18. The van der Waals surface area contributed by atoms with Crippen molar-refractivity contribution in [2.24, 2.45) is 5.11 Å². The number of rotatable bonds is 2. The molecule has 1 unspecified atom stereocenters. The van der Waals surface area contributed by atoms with E-state index < -0.39 is 15.9 Å². The molecule has 0 saturated heterocycles. The summed E-state index contributed by atoms with van der Waals surface area (Å²) in [5, 5.41) is 35.8. The molecule has 224 valence electrons. The summed E-state index contributed by atoms with van der Waals surface area (Å²) in [6, 6.07) is 23.4. The number of hydrogen-bond donors (Lipinski definition) is 0. The second-order valence-electron chi connectivity index (χ2n) is 12.3. The summed E-state index contributed by atoms with van der Waals surface area (Å²) in [6.07, 6.45) is 0. The van der Waals surface area contributed by atoms with Crippen molar-refractivity contribution < 1.29 is 19.3 Å². The third-order valence-corrected chi connectivity index (χ3v) is 10.1. The van der Waals surface area contributed by atoms with Gasteiger partial charge in [-0.05, 0) is 63.3 Å². The van der Waals surface area contributed by atoms with Crippen LogP contribution in [0.2, 0.25) is 0 Å². The van der Waals surface area contributed by atoms with Crippen molar-refractivity contribution in [1.82, 2.24) is 9.38 Å². The van der Waals surface area contributed by atoms with Gasteiger partial charge in [0.05, 0.1) is 31.8 Å². The number of nitrogens with zero attached hydrogens (tertiary/aromatic N) is 6. The summed E-state index contributed by atoms with van der Waals surface area (Å²) < 4.78 is 3.20. The van der Waals surface area contributed by atoms with Gasteiger partial charge < -0.3 is 0 Å². The highest BCUT2D eigenvalue weighted by Crippen LogP contribution is 2.52. The van der Waals surface area contributed by atoms with E-state index in [0.717, 1.165) is 54.2 Å². The largest absolute Gasteiger partial charge is 0.286 e. The average Bonchev–Trinajstić information content (AvgIpc) is 3.67. The van der Waals surface area contributed by atoms with Crippen LogP contribution in [0.3, 0.4) is 0 Å². The molecule has 11 rings (SSSR count). The third kappa shape index (κ3) is 2.76. The van der Waals surface area contributed by atoms with Crippen LogP contribution >= 0.6 is 0 Å². The molecule has 0 radical (unpaired) electrons. The number of nitro benzene ring substituents is 2. The highest BCUT2D eigenvalue weighted by atomic mass is 16.6. The second-order valence-corrected chi connectivity index (χ2v) is 12.3. The first-order chi connectivity index (χ1) is 23.3. The van der Waals surface area contributed by atoms with Gasteiger partial charge in [0.15, 0.2) is 0 Å². The third-order valence-electron chi connectivity index (χ3n) is 10.1. The zero-order valence-corrected chi connectivity index (χ0v) is 24.3. The fraction of sp³-hybridized carbons (Fsp3) is 0.0278. The zero-order chi connectivity index (χ0) is 32.3. The van der Waals surface area contributed by atoms with Crippen molar-refractivity contribution in [2.45, 2.75) is 6.04 Å². The molecule has 2 aliphatic rings. The first-order valence-electron chi connectivity index (χ1n) is 15.1. The molecule has 9 aromatic rings. The van der Waals surface area contributed by atoms with Crippen LogP contribution in [0, 0.1) is 20.2 Å². The molecule has 0 aliphatic carbocycles. The van der Waals surface area contributed by atoms with Crippen molar-refractivity contribution >= 4 is 99.1 Å². The van der Waals surface area contributed by atoms with Gasteiger partial charge in [-0.3, -0.25) is 34.2 Å². The van der Waals surface area contributed by atoms with Gasteiger partial charge in [-0.2, -0.15) is 0 Å². The lowest BCUT2D eigenvalue weighted by Crippen LogP contribution is -2.24. The van der Waals surface area contributed by atoms with Crippen LogP contribution in [-0.4, -0.2) is 29.7 Å². The van der Waals surface area contributed by atoms with Crippen molar-refractivity contribution in [3.05, 3.63) is 127 Å². The smallest absolute Gasteiger partial charge is 0.274 e. The number of hydrogen-bond acceptors (Lipinski definition) is 8. The Hall–Kier alpha value is -6.95. The molecule has 12 nitrogen and oxygen atoms in total. The standard InChI is InChI=1S/C36H15N6O6/c43-34-22-7-4-19-17-5-8-23-31-24(36(44)39-27-11-2-16(42(47)48)14-26(27)37-35(23)39)9-6-18(29(17)31)20-10-12-28(32(22)30(19)20)40-33(34)21-3-1-15(41(45)46)13-25(21)38-40/h1-14,33H/q+1. The number of azo groups is 2. The minimum absolute atomic E-state index is 0.0912. The Morgan fingerprint density at radius 1 is 0.667 bits per heavy atom. The Morgan fingerprint density at radius 2 is 1.27 bits per heavy atom. The monoisotopic (exact) mass is 627 g/mol. The number of Topliss-reactive ketones (excluding diaryl/α,β-unsaturated/α-hetero) is 1. The zero-order valence-electron chi connectivity index (χ0n) is 24.3. The maximum atomic E-state index is 14.1. The Morgan fingerprint density at radius 3 is 2.02 bits per heavy atom. The Kier molecular flexibility index (Phi) is 4.24. The maximum absolute atomic E-state index is 14.1. The van der Waals surface area contributed by atoms with E-state index in [1.54, 1.807) is 16.8 Å². The molecule has 0 fully saturated rings. The van der Waals surface area contributed by atoms with Gasteiger partial charge in [0.25, 0.3) is 23.0 Å². The van der Waals surface area contributed by atoms with E-state index >= 15 is 0 Å². The van der Waals surface area contributed by atoms with E-state index in [-0.39, 0.29) is 22.7 Å². The maximum Gasteiger partial charge on any atom is 0.274 e. The van der Waals surface area contributed by atoms with E-state index in [0.29, 0.717) is 38.9 Å². The van der Waals surface area contributed by atoms with Crippen LogP contribution in [0.4, 0.5) is 22.7 Å². The fourth-order valence-electron chi connectivity index (χ4n) is 8.18. The van der Waals surface area contributed by atoms with Crippen molar-refractivity contribution in [1.29, 1.82) is 0 Å². The molecule has 7 aromatic carbocycles. The summed E-state index contributed by atoms with van der Waals surface area (Å²) in [5.41, 5.74) is 3.14. The molecule has 4 heterocycles. The molecule has 48 heavy (non-hydrogen) atoms. The summed E-state index contributed by atoms with van der Waals surface area (Å²) in [6.45, 7) is 0. The lowest BCUT2D eigenvalue weighted by atomic mass is 9.83. The average molecular weight is 628 g/mol. The Balaban J connectivity index is 1.25. The molecular formula is C36H15N6O6+. The van der Waals surface area contributed by atoms with E-state index in [1.807, 2.05) is 48.5 Å². The summed E-state index contributed by atoms with van der Waals surface area (Å²) in [7, 11) is 0. The highest BCUT2D eigenvalue weighted by molar-refractivity contribution is 6.39. The number of imidazole rings is 1. The first kappa shape index (κ1) is 25.3. The lowest BCUT2D eigenvalue weighted by molar-refractivity contribution is -0.530. The predicted molar refractivity (Wildman–Crippen MR) is 178 cm³/mol. The quantitative estimate of drug-likeness (QED) is 0.0619. The van der Waals surface area contributed by atoms with E-state index in [2.05, 4.69) is 0 Å². The molecule has 0 bridgehead atoms. The van der Waals surface area contributed by atoms with Gasteiger partial charge in [-0.25, -0.2) is 4.98 Å². The van der Waals surface area contributed by atoms with Crippen LogP contribution in [0.15, 0.2) is 94.8 Å². The van der Waals surface area contributed by atoms with Crippen LogP contribution in [0.1, 0.15) is 22.0 Å². The summed E-state index contributed by atoms with van der Waals surface area (Å²) in [4.78, 5) is 54.9. The van der Waals surface area contributed by atoms with Gasteiger partial charge in [-0.15, -0.1) is 0 Å². The minimum atomic E-state index is -0.721. The normalized spacial score (nSPS) is 15.5. The van der Waals surface area contributed by atoms with Crippen LogP contribution in [-0.2, 0) is 0 Å². The number of ketones is 1. The molecule has 0 saturated carbocycles. The number of carbonyl (C=O) groups excluding carboxylic acids is 1. The van der Waals surface area contributed by atoms with Crippen molar-refractivity contribution in [2.75, 3.05) is 0 Å². The number of non-ortho nitro benzene ring substituents is 2.